The number of ether oxygens (including phenoxy) is 1. The van der Waals surface area contributed by atoms with Crippen LogP contribution < -0.4 is 15.7 Å². The Balaban J connectivity index is 1.91. The fraction of sp³-hybridized carbons (Fsp3) is 0.182. The zero-order valence-corrected chi connectivity index (χ0v) is 15.3. The van der Waals surface area contributed by atoms with Gasteiger partial charge in [0.05, 0.1) is 11.1 Å². The van der Waals surface area contributed by atoms with Gasteiger partial charge in [-0.15, -0.1) is 0 Å². The maximum absolute atomic E-state index is 13.1. The van der Waals surface area contributed by atoms with Crippen LogP contribution in [0.1, 0.15) is 25.0 Å². The number of carbonyl (C=O) groups is 1. The van der Waals surface area contributed by atoms with Crippen LogP contribution in [0.5, 0.6) is 5.75 Å². The average Bonchev–Trinajstić information content (AvgIpc) is 2.63. The molecular weight excluding hydrogens is 342 g/mol. The van der Waals surface area contributed by atoms with Gasteiger partial charge in [0, 0.05) is 23.3 Å². The smallest absolute Gasteiger partial charge is 0.336 e. The van der Waals surface area contributed by atoms with Crippen molar-refractivity contribution in [2.75, 3.05) is 5.32 Å². The van der Waals surface area contributed by atoms with Crippen LogP contribution in [0.2, 0.25) is 0 Å². The summed E-state index contributed by atoms with van der Waals surface area (Å²) in [7, 11) is 0. The molecule has 0 spiro atoms. The van der Waals surface area contributed by atoms with Crippen LogP contribution in [0.25, 0.3) is 16.5 Å². The number of nitrogens with one attached hydrogen (secondary N) is 1. The summed E-state index contributed by atoms with van der Waals surface area (Å²) in [5, 5.41) is 3.90. The van der Waals surface area contributed by atoms with E-state index in [2.05, 4.69) is 5.32 Å². The van der Waals surface area contributed by atoms with E-state index in [1.165, 1.54) is 6.07 Å². The van der Waals surface area contributed by atoms with E-state index in [0.29, 0.717) is 22.5 Å². The molecule has 136 valence electrons. The Bertz CT molecular complexity index is 1140. The van der Waals surface area contributed by atoms with Gasteiger partial charge in [0.15, 0.2) is 5.60 Å². The van der Waals surface area contributed by atoms with Gasteiger partial charge in [-0.2, -0.15) is 0 Å². The summed E-state index contributed by atoms with van der Waals surface area (Å²) in [5.74, 6) is 0.326. The van der Waals surface area contributed by atoms with Gasteiger partial charge < -0.3 is 14.5 Å². The highest BCUT2D eigenvalue weighted by Crippen LogP contribution is 2.41. The van der Waals surface area contributed by atoms with Gasteiger partial charge in [-0.1, -0.05) is 17.7 Å². The van der Waals surface area contributed by atoms with Crippen molar-refractivity contribution in [3.05, 3.63) is 76.3 Å². The second kappa shape index (κ2) is 6.13. The second-order valence-electron chi connectivity index (χ2n) is 7.12. The van der Waals surface area contributed by atoms with Crippen molar-refractivity contribution < 1.29 is 13.9 Å². The molecule has 3 aromatic rings. The number of aryl methyl sites for hydroxylation is 1. The molecule has 0 fully saturated rings. The summed E-state index contributed by atoms with van der Waals surface area (Å²) >= 11 is 0. The zero-order chi connectivity index (χ0) is 19.2. The predicted molar refractivity (Wildman–Crippen MR) is 105 cm³/mol. The van der Waals surface area contributed by atoms with E-state index in [9.17, 15) is 9.59 Å². The van der Waals surface area contributed by atoms with Crippen LogP contribution in [0.4, 0.5) is 5.69 Å². The molecule has 1 N–H and O–H groups in total. The minimum Gasteiger partial charge on any atom is -0.479 e. The average molecular weight is 361 g/mol. The van der Waals surface area contributed by atoms with Gasteiger partial charge in [0.1, 0.15) is 11.3 Å². The third-order valence-corrected chi connectivity index (χ3v) is 4.61. The first-order valence-electron chi connectivity index (χ1n) is 8.69. The van der Waals surface area contributed by atoms with Crippen molar-refractivity contribution in [2.45, 2.75) is 26.4 Å². The van der Waals surface area contributed by atoms with Crippen LogP contribution >= 0.6 is 0 Å². The van der Waals surface area contributed by atoms with E-state index in [-0.39, 0.29) is 5.78 Å². The topological polar surface area (TPSA) is 68.5 Å². The van der Waals surface area contributed by atoms with Crippen molar-refractivity contribution in [3.8, 4) is 5.75 Å². The second-order valence-corrected chi connectivity index (χ2v) is 7.12. The molecule has 0 bridgehead atoms. The predicted octanol–water partition coefficient (Wildman–Crippen LogP) is 4.29. The van der Waals surface area contributed by atoms with Crippen molar-refractivity contribution in [1.29, 1.82) is 0 Å². The summed E-state index contributed by atoms with van der Waals surface area (Å²) in [5.41, 5.74) is 1.77. The van der Waals surface area contributed by atoms with E-state index in [4.69, 9.17) is 9.15 Å². The zero-order valence-electron chi connectivity index (χ0n) is 15.3. The lowest BCUT2D eigenvalue weighted by Crippen LogP contribution is -2.42. The molecule has 2 aromatic carbocycles. The molecule has 0 atom stereocenters. The Labute approximate surface area is 156 Å². The fourth-order valence-electron chi connectivity index (χ4n) is 3.16. The summed E-state index contributed by atoms with van der Waals surface area (Å²) in [4.78, 5) is 24.8. The number of benzene rings is 2. The maximum atomic E-state index is 13.1. The number of hydrogen-bond acceptors (Lipinski definition) is 5. The number of carbonyl (C=O) groups excluding carboxylic acids is 1. The SMILES string of the molecule is Cc1ccc(N/C=C2\C(=O)C(C)(C)Oc3ccc4ccc(=O)oc4c32)cc1. The van der Waals surface area contributed by atoms with Gasteiger partial charge >= 0.3 is 5.63 Å². The minimum absolute atomic E-state index is 0.186. The van der Waals surface area contributed by atoms with Gasteiger partial charge in [-0.3, -0.25) is 4.79 Å². The molecular formula is C22H19NO4. The Morgan fingerprint density at radius 1 is 0.963 bits per heavy atom. The summed E-state index contributed by atoms with van der Waals surface area (Å²) in [6.45, 7) is 5.46. The number of rotatable bonds is 2. The maximum Gasteiger partial charge on any atom is 0.336 e. The minimum atomic E-state index is -1.02. The van der Waals surface area contributed by atoms with Gasteiger partial charge in [-0.05, 0) is 51.1 Å². The van der Waals surface area contributed by atoms with Crippen LogP contribution in [-0.4, -0.2) is 11.4 Å². The quantitative estimate of drug-likeness (QED) is 0.545. The van der Waals surface area contributed by atoms with Gasteiger partial charge in [0.25, 0.3) is 0 Å². The molecule has 1 aromatic heterocycles. The monoisotopic (exact) mass is 361 g/mol. The number of fused-ring (bicyclic) bond motifs is 3. The van der Waals surface area contributed by atoms with Gasteiger partial charge in [-0.25, -0.2) is 4.79 Å². The summed E-state index contributed by atoms with van der Waals surface area (Å²) < 4.78 is 11.3. The largest absolute Gasteiger partial charge is 0.479 e. The van der Waals surface area contributed by atoms with Crippen LogP contribution in [0, 0.1) is 6.92 Å². The third kappa shape index (κ3) is 3.01. The number of ketones is 1. The van der Waals surface area contributed by atoms with E-state index in [0.717, 1.165) is 16.6 Å². The van der Waals surface area contributed by atoms with Crippen LogP contribution in [0.15, 0.2) is 63.9 Å². The van der Waals surface area contributed by atoms with Crippen LogP contribution in [-0.2, 0) is 4.79 Å². The lowest BCUT2D eigenvalue weighted by atomic mass is 9.87. The molecule has 1 aliphatic rings. The Morgan fingerprint density at radius 2 is 1.67 bits per heavy atom. The number of anilines is 1. The first kappa shape index (κ1) is 17.1. The Morgan fingerprint density at radius 3 is 2.41 bits per heavy atom. The normalized spacial score (nSPS) is 16.9. The molecule has 0 radical (unpaired) electrons. The molecule has 0 unspecified atom stereocenters. The summed E-state index contributed by atoms with van der Waals surface area (Å²) in [6, 6.07) is 14.5. The van der Waals surface area contributed by atoms with E-state index in [1.807, 2.05) is 37.3 Å². The molecule has 0 amide bonds. The molecule has 0 saturated heterocycles. The van der Waals surface area contributed by atoms with Crippen molar-refractivity contribution in [3.63, 3.8) is 0 Å². The molecule has 1 aliphatic heterocycles. The Hall–Kier alpha value is -3.34. The molecule has 4 rings (SSSR count). The van der Waals surface area contributed by atoms with E-state index in [1.54, 1.807) is 32.2 Å². The first-order chi connectivity index (χ1) is 12.8. The third-order valence-electron chi connectivity index (χ3n) is 4.61. The Kier molecular flexibility index (Phi) is 3.88. The van der Waals surface area contributed by atoms with Gasteiger partial charge in [0.2, 0.25) is 5.78 Å². The van der Waals surface area contributed by atoms with E-state index < -0.39 is 11.2 Å². The summed E-state index contributed by atoms with van der Waals surface area (Å²) in [6.07, 6.45) is 1.66. The van der Waals surface area contributed by atoms with Crippen molar-refractivity contribution >= 4 is 28.0 Å². The molecule has 5 nitrogen and oxygen atoms in total. The highest BCUT2D eigenvalue weighted by Gasteiger charge is 2.40. The number of hydrogen-bond donors (Lipinski definition) is 1. The fourth-order valence-corrected chi connectivity index (χ4v) is 3.16. The molecule has 27 heavy (non-hydrogen) atoms. The molecule has 0 saturated carbocycles. The molecule has 2 heterocycles. The molecule has 0 aliphatic carbocycles. The van der Waals surface area contributed by atoms with Crippen molar-refractivity contribution in [1.82, 2.24) is 0 Å². The highest BCUT2D eigenvalue weighted by molar-refractivity contribution is 6.28. The highest BCUT2D eigenvalue weighted by atomic mass is 16.5. The van der Waals surface area contributed by atoms with Crippen molar-refractivity contribution in [2.24, 2.45) is 0 Å². The number of Topliss-reactive ketones (excluding diaryl/α,β-unsaturated/α-hetero) is 1. The standard InChI is InChI=1S/C22H19NO4/c1-13-4-8-15(9-5-13)23-12-16-19-17(27-22(2,3)21(16)25)10-6-14-7-11-18(24)26-20(14)19/h4-12,23H,1-3H3/b16-12-. The van der Waals surface area contributed by atoms with E-state index >= 15 is 0 Å². The first-order valence-corrected chi connectivity index (χ1v) is 8.69. The lowest BCUT2D eigenvalue weighted by Gasteiger charge is -2.32. The lowest BCUT2D eigenvalue weighted by molar-refractivity contribution is -0.126. The molecule has 5 heteroatoms. The van der Waals surface area contributed by atoms with Crippen LogP contribution in [0.3, 0.4) is 0 Å².